The lowest BCUT2D eigenvalue weighted by molar-refractivity contribution is -0.274. The fraction of sp³-hybridized carbons (Fsp3) is 0.158. The number of ether oxygens (including phenoxy) is 1. The Balaban J connectivity index is 1.90. The van der Waals surface area contributed by atoms with Crippen molar-refractivity contribution >= 4 is 0 Å². The molecule has 0 saturated carbocycles. The molecule has 0 radical (unpaired) electrons. The van der Waals surface area contributed by atoms with Gasteiger partial charge in [-0.25, -0.2) is 9.97 Å². The topological polar surface area (TPSA) is 39.9 Å². The smallest absolute Gasteiger partial charge is 0.406 e. The zero-order chi connectivity index (χ0) is 18.7. The second kappa shape index (κ2) is 6.92. The average molecular weight is 357 g/mol. The molecule has 3 aromatic rings. The Morgan fingerprint density at radius 3 is 2.27 bits per heavy atom. The van der Waals surface area contributed by atoms with E-state index in [1.807, 2.05) is 24.5 Å². The van der Waals surface area contributed by atoms with E-state index in [0.29, 0.717) is 5.82 Å². The molecule has 0 amide bonds. The predicted octanol–water partition coefficient (Wildman–Crippen LogP) is 4.18. The lowest BCUT2D eigenvalue weighted by Gasteiger charge is -2.12. The number of benzene rings is 1. The standard InChI is InChI=1S/C19H14F3N3O/c1-13-12-15(4-9-18-23-10-3-11-24-18)14(2)25(13)16-5-7-17(8-6-16)26-19(20,21)22/h3,5-8,10-12H,1-2H3. The summed E-state index contributed by atoms with van der Waals surface area (Å²) in [6.45, 7) is 3.79. The minimum Gasteiger partial charge on any atom is -0.406 e. The summed E-state index contributed by atoms with van der Waals surface area (Å²) in [6, 6.07) is 9.32. The van der Waals surface area contributed by atoms with Crippen molar-refractivity contribution in [2.75, 3.05) is 0 Å². The molecule has 2 aromatic heterocycles. The molecule has 0 aliphatic rings. The number of hydrogen-bond donors (Lipinski definition) is 0. The molecule has 26 heavy (non-hydrogen) atoms. The summed E-state index contributed by atoms with van der Waals surface area (Å²) >= 11 is 0. The first-order valence-corrected chi connectivity index (χ1v) is 7.68. The van der Waals surface area contributed by atoms with Gasteiger partial charge in [-0.05, 0) is 56.2 Å². The lowest BCUT2D eigenvalue weighted by atomic mass is 10.2. The SMILES string of the molecule is Cc1cc(C#Cc2ncccn2)c(C)n1-c1ccc(OC(F)(F)F)cc1. The van der Waals surface area contributed by atoms with Crippen molar-refractivity contribution in [1.29, 1.82) is 0 Å². The van der Waals surface area contributed by atoms with Crippen molar-refractivity contribution < 1.29 is 17.9 Å². The van der Waals surface area contributed by atoms with E-state index in [1.54, 1.807) is 30.6 Å². The molecule has 0 N–H and O–H groups in total. The van der Waals surface area contributed by atoms with Gasteiger partial charge in [0.25, 0.3) is 0 Å². The van der Waals surface area contributed by atoms with Gasteiger partial charge >= 0.3 is 6.36 Å². The number of nitrogens with zero attached hydrogens (tertiary/aromatic N) is 3. The van der Waals surface area contributed by atoms with Crippen molar-refractivity contribution in [3.05, 3.63) is 71.6 Å². The third kappa shape index (κ3) is 4.03. The van der Waals surface area contributed by atoms with E-state index in [0.717, 1.165) is 22.6 Å². The van der Waals surface area contributed by atoms with Crippen LogP contribution in [0.3, 0.4) is 0 Å². The van der Waals surface area contributed by atoms with Crippen LogP contribution >= 0.6 is 0 Å². The highest BCUT2D eigenvalue weighted by molar-refractivity contribution is 5.49. The summed E-state index contributed by atoms with van der Waals surface area (Å²) < 4.78 is 42.6. The monoisotopic (exact) mass is 357 g/mol. The van der Waals surface area contributed by atoms with Gasteiger partial charge in [0.1, 0.15) is 5.75 Å². The normalized spacial score (nSPS) is 11.0. The van der Waals surface area contributed by atoms with E-state index in [1.165, 1.54) is 12.1 Å². The van der Waals surface area contributed by atoms with E-state index < -0.39 is 6.36 Å². The Morgan fingerprint density at radius 1 is 1.00 bits per heavy atom. The van der Waals surface area contributed by atoms with Crippen molar-refractivity contribution in [3.8, 4) is 23.3 Å². The highest BCUT2D eigenvalue weighted by atomic mass is 19.4. The van der Waals surface area contributed by atoms with Crippen molar-refractivity contribution in [2.24, 2.45) is 0 Å². The average Bonchev–Trinajstić information content (AvgIpc) is 2.87. The van der Waals surface area contributed by atoms with Gasteiger partial charge in [0.2, 0.25) is 5.82 Å². The maximum atomic E-state index is 12.3. The Kier molecular flexibility index (Phi) is 4.67. The van der Waals surface area contributed by atoms with E-state index in [4.69, 9.17) is 0 Å². The molecule has 0 saturated heterocycles. The Hall–Kier alpha value is -3.27. The highest BCUT2D eigenvalue weighted by Crippen LogP contribution is 2.26. The van der Waals surface area contributed by atoms with Crippen LogP contribution in [0.2, 0.25) is 0 Å². The summed E-state index contributed by atoms with van der Waals surface area (Å²) in [4.78, 5) is 8.10. The van der Waals surface area contributed by atoms with E-state index >= 15 is 0 Å². The molecule has 132 valence electrons. The Bertz CT molecular complexity index is 965. The van der Waals surface area contributed by atoms with Gasteiger partial charge in [0, 0.05) is 35.0 Å². The Morgan fingerprint density at radius 2 is 1.65 bits per heavy atom. The summed E-state index contributed by atoms with van der Waals surface area (Å²) in [5.74, 6) is 6.09. The zero-order valence-corrected chi connectivity index (χ0v) is 14.0. The minimum absolute atomic E-state index is 0.259. The van der Waals surface area contributed by atoms with Gasteiger partial charge in [-0.1, -0.05) is 5.92 Å². The summed E-state index contributed by atoms with van der Waals surface area (Å²) in [5.41, 5.74) is 3.30. The van der Waals surface area contributed by atoms with Gasteiger partial charge in [-0.2, -0.15) is 0 Å². The molecule has 0 bridgehead atoms. The van der Waals surface area contributed by atoms with Gasteiger partial charge in [0.05, 0.1) is 0 Å². The second-order valence-electron chi connectivity index (χ2n) is 5.48. The summed E-state index contributed by atoms with van der Waals surface area (Å²) in [5, 5.41) is 0. The molecule has 1 aromatic carbocycles. The quantitative estimate of drug-likeness (QED) is 0.646. The first kappa shape index (κ1) is 17.5. The van der Waals surface area contributed by atoms with Gasteiger partial charge in [-0.15, -0.1) is 13.2 Å². The fourth-order valence-corrected chi connectivity index (χ4v) is 2.57. The maximum absolute atomic E-state index is 12.3. The zero-order valence-electron chi connectivity index (χ0n) is 14.0. The molecule has 0 unspecified atom stereocenters. The van der Waals surface area contributed by atoms with Gasteiger partial charge in [0.15, 0.2) is 0 Å². The van der Waals surface area contributed by atoms with E-state index in [9.17, 15) is 13.2 Å². The number of rotatable bonds is 2. The number of aromatic nitrogens is 3. The molecule has 2 heterocycles. The molecular formula is C19H14F3N3O. The van der Waals surface area contributed by atoms with Gasteiger partial charge in [-0.3, -0.25) is 0 Å². The number of aryl methyl sites for hydroxylation is 1. The lowest BCUT2D eigenvalue weighted by Crippen LogP contribution is -2.17. The molecule has 7 heteroatoms. The largest absolute Gasteiger partial charge is 0.573 e. The third-order valence-corrected chi connectivity index (χ3v) is 3.63. The van der Waals surface area contributed by atoms with Gasteiger partial charge < -0.3 is 9.30 Å². The second-order valence-corrected chi connectivity index (χ2v) is 5.48. The molecule has 0 atom stereocenters. The van der Waals surface area contributed by atoms with Crippen LogP contribution in [0.25, 0.3) is 5.69 Å². The van der Waals surface area contributed by atoms with Crippen LogP contribution in [-0.2, 0) is 0 Å². The fourth-order valence-electron chi connectivity index (χ4n) is 2.57. The number of halogens is 3. The molecular weight excluding hydrogens is 343 g/mol. The highest BCUT2D eigenvalue weighted by Gasteiger charge is 2.31. The molecule has 3 rings (SSSR count). The molecule has 4 nitrogen and oxygen atoms in total. The first-order chi connectivity index (χ1) is 12.3. The van der Waals surface area contributed by atoms with E-state index in [-0.39, 0.29) is 5.75 Å². The van der Waals surface area contributed by atoms with Crippen LogP contribution in [0.4, 0.5) is 13.2 Å². The molecule has 0 aliphatic carbocycles. The minimum atomic E-state index is -4.71. The first-order valence-electron chi connectivity index (χ1n) is 7.68. The predicted molar refractivity (Wildman–Crippen MR) is 89.9 cm³/mol. The van der Waals surface area contributed by atoms with Crippen molar-refractivity contribution in [1.82, 2.24) is 14.5 Å². The molecule has 0 aliphatic heterocycles. The molecule has 0 spiro atoms. The number of hydrogen-bond acceptors (Lipinski definition) is 3. The van der Waals surface area contributed by atoms with Crippen LogP contribution in [0, 0.1) is 25.7 Å². The van der Waals surface area contributed by atoms with Crippen LogP contribution in [-0.4, -0.2) is 20.9 Å². The third-order valence-electron chi connectivity index (χ3n) is 3.63. The Labute approximate surface area is 148 Å². The molecule has 0 fully saturated rings. The number of alkyl halides is 3. The van der Waals surface area contributed by atoms with Crippen LogP contribution in [0.1, 0.15) is 22.8 Å². The van der Waals surface area contributed by atoms with Crippen LogP contribution in [0.5, 0.6) is 5.75 Å². The summed E-state index contributed by atoms with van der Waals surface area (Å²) in [6.07, 6.45) is -1.47. The van der Waals surface area contributed by atoms with E-state index in [2.05, 4.69) is 26.5 Å². The summed E-state index contributed by atoms with van der Waals surface area (Å²) in [7, 11) is 0. The van der Waals surface area contributed by atoms with Crippen LogP contribution in [0.15, 0.2) is 48.8 Å². The maximum Gasteiger partial charge on any atom is 0.573 e. The van der Waals surface area contributed by atoms with Crippen LogP contribution < -0.4 is 4.74 Å². The van der Waals surface area contributed by atoms with Crippen molar-refractivity contribution in [2.45, 2.75) is 20.2 Å². The van der Waals surface area contributed by atoms with Crippen molar-refractivity contribution in [3.63, 3.8) is 0 Å².